The molecule has 0 rings (SSSR count). The van der Waals surface area contributed by atoms with E-state index in [-0.39, 0.29) is 18.9 Å². The minimum Gasteiger partial charge on any atom is -0.548 e. The van der Waals surface area contributed by atoms with Crippen LogP contribution >= 0.6 is 0 Å². The molecule has 54 valence electrons. The summed E-state index contributed by atoms with van der Waals surface area (Å²) < 4.78 is 0. The van der Waals surface area contributed by atoms with Crippen LogP contribution in [0.5, 0.6) is 0 Å². The number of rotatable bonds is 1. The largest absolute Gasteiger partial charge is 1.00 e. The molecule has 0 aromatic rings. The molecule has 0 fully saturated rings. The van der Waals surface area contributed by atoms with Crippen LogP contribution in [0.4, 0.5) is 0 Å². The van der Waals surface area contributed by atoms with Crippen molar-refractivity contribution in [2.75, 3.05) is 6.61 Å². The van der Waals surface area contributed by atoms with E-state index in [9.17, 15) is 0 Å². The van der Waals surface area contributed by atoms with Crippen molar-refractivity contribution in [2.24, 2.45) is 0 Å². The first-order chi connectivity index (χ1) is 4.27. The molecule has 4 heteroatoms. The SMILES string of the molecule is C=C.C=C.O=C([O-])CO.[Li+]. The molecule has 0 aromatic carbocycles. The topological polar surface area (TPSA) is 60.4 Å². The molecule has 1 N–H and O–H groups in total. The Kier molecular flexibility index (Phi) is 88.4. The van der Waals surface area contributed by atoms with Crippen LogP contribution in [0.25, 0.3) is 0 Å². The number of hydrogen-bond acceptors (Lipinski definition) is 3. The van der Waals surface area contributed by atoms with Crippen molar-refractivity contribution in [3.05, 3.63) is 26.3 Å². The third kappa shape index (κ3) is 140. The van der Waals surface area contributed by atoms with Gasteiger partial charge in [-0.2, -0.15) is 0 Å². The van der Waals surface area contributed by atoms with E-state index in [1.807, 2.05) is 0 Å². The molecule has 0 spiro atoms. The van der Waals surface area contributed by atoms with Crippen LogP contribution in [-0.2, 0) is 4.79 Å². The molecule has 0 bridgehead atoms. The van der Waals surface area contributed by atoms with Crippen molar-refractivity contribution in [3.63, 3.8) is 0 Å². The number of aliphatic carboxylic acids is 1. The normalized spacial score (nSPS) is 4.50. The van der Waals surface area contributed by atoms with Crippen LogP contribution in [0.1, 0.15) is 0 Å². The van der Waals surface area contributed by atoms with Gasteiger partial charge in [-0.05, 0) is 0 Å². The molecule has 0 atom stereocenters. The minimum atomic E-state index is -1.44. The van der Waals surface area contributed by atoms with Gasteiger partial charge in [0.05, 0.1) is 12.6 Å². The number of carboxylic acid groups (broad SMARTS) is 1. The summed E-state index contributed by atoms with van der Waals surface area (Å²) in [5.74, 6) is -1.44. The average molecular weight is 138 g/mol. The molecule has 0 amide bonds. The Morgan fingerprint density at radius 3 is 1.40 bits per heavy atom. The van der Waals surface area contributed by atoms with Gasteiger partial charge >= 0.3 is 18.9 Å². The van der Waals surface area contributed by atoms with E-state index >= 15 is 0 Å². The van der Waals surface area contributed by atoms with Crippen LogP contribution in [-0.4, -0.2) is 17.7 Å². The molecule has 0 radical (unpaired) electrons. The van der Waals surface area contributed by atoms with E-state index in [1.54, 1.807) is 0 Å². The van der Waals surface area contributed by atoms with Gasteiger partial charge in [0.1, 0.15) is 0 Å². The predicted molar refractivity (Wildman–Crippen MR) is 34.6 cm³/mol. The van der Waals surface area contributed by atoms with Crippen molar-refractivity contribution in [3.8, 4) is 0 Å². The number of hydrogen-bond donors (Lipinski definition) is 1. The quantitative estimate of drug-likeness (QED) is 0.300. The second-order valence-corrected chi connectivity index (χ2v) is 0.530. The molecular formula is C6H11LiO3. The minimum absolute atomic E-state index is 0. The fourth-order valence-electron chi connectivity index (χ4n) is 0. The first-order valence-corrected chi connectivity index (χ1v) is 2.08. The van der Waals surface area contributed by atoms with Gasteiger partial charge in [0.15, 0.2) is 0 Å². The third-order valence-electron chi connectivity index (χ3n) is 0.129. The number of carbonyl (C=O) groups excluding carboxylic acids is 1. The van der Waals surface area contributed by atoms with Crippen LogP contribution in [0.2, 0.25) is 0 Å². The molecule has 0 saturated heterocycles. The van der Waals surface area contributed by atoms with Gasteiger partial charge in [-0.15, -0.1) is 26.3 Å². The van der Waals surface area contributed by atoms with E-state index in [1.165, 1.54) is 0 Å². The summed E-state index contributed by atoms with van der Waals surface area (Å²) in [5, 5.41) is 16.5. The fourth-order valence-corrected chi connectivity index (χ4v) is 0. The Morgan fingerprint density at radius 2 is 1.40 bits per heavy atom. The maximum absolute atomic E-state index is 9.01. The molecule has 10 heavy (non-hydrogen) atoms. The van der Waals surface area contributed by atoms with Crippen LogP contribution in [0, 0.1) is 0 Å². The number of carboxylic acids is 1. The Balaban J connectivity index is -0.0000000315. The van der Waals surface area contributed by atoms with Gasteiger partial charge in [0, 0.05) is 0 Å². The van der Waals surface area contributed by atoms with Crippen LogP contribution < -0.4 is 24.0 Å². The smallest absolute Gasteiger partial charge is 0.548 e. The summed E-state index contributed by atoms with van der Waals surface area (Å²) in [6, 6.07) is 0. The van der Waals surface area contributed by atoms with Crippen LogP contribution in [0.3, 0.4) is 0 Å². The van der Waals surface area contributed by atoms with Gasteiger partial charge in [-0.25, -0.2) is 0 Å². The summed E-state index contributed by atoms with van der Waals surface area (Å²) in [6.45, 7) is 11.1. The molecular weight excluding hydrogens is 127 g/mol. The van der Waals surface area contributed by atoms with Gasteiger partial charge < -0.3 is 15.0 Å². The molecule has 0 aliphatic heterocycles. The summed E-state index contributed by atoms with van der Waals surface area (Å²) in [4.78, 5) is 9.01. The van der Waals surface area contributed by atoms with Gasteiger partial charge in [-0.1, -0.05) is 0 Å². The third-order valence-corrected chi connectivity index (χ3v) is 0.129. The number of aliphatic hydroxyl groups is 1. The van der Waals surface area contributed by atoms with Gasteiger partial charge in [0.2, 0.25) is 0 Å². The number of carbonyl (C=O) groups is 1. The van der Waals surface area contributed by atoms with Crippen molar-refractivity contribution in [1.29, 1.82) is 0 Å². The zero-order valence-corrected chi connectivity index (χ0v) is 6.30. The second kappa shape index (κ2) is 39.0. The zero-order chi connectivity index (χ0) is 8.28. The van der Waals surface area contributed by atoms with E-state index < -0.39 is 12.6 Å². The first kappa shape index (κ1) is 22.7. The Morgan fingerprint density at radius 1 is 1.30 bits per heavy atom. The standard InChI is InChI=1S/C2H4O3.2C2H4.Li/c3-1-2(4)5;2*1-2;/h3H,1H2,(H,4,5);2*1-2H2;/q;;;+1/p-1. The van der Waals surface area contributed by atoms with Crippen molar-refractivity contribution in [1.82, 2.24) is 0 Å². The van der Waals surface area contributed by atoms with Crippen molar-refractivity contribution >= 4 is 5.97 Å². The van der Waals surface area contributed by atoms with Gasteiger partial charge in [0.25, 0.3) is 0 Å². The molecule has 0 aliphatic carbocycles. The summed E-state index contributed by atoms with van der Waals surface area (Å²) in [5.41, 5.74) is 0. The fraction of sp³-hybridized carbons (Fsp3) is 0.167. The summed E-state index contributed by atoms with van der Waals surface area (Å²) in [7, 11) is 0. The van der Waals surface area contributed by atoms with Gasteiger partial charge in [-0.3, -0.25) is 0 Å². The maximum Gasteiger partial charge on any atom is 1.00 e. The molecule has 0 heterocycles. The summed E-state index contributed by atoms with van der Waals surface area (Å²) in [6.07, 6.45) is 0. The first-order valence-electron chi connectivity index (χ1n) is 2.08. The number of aliphatic hydroxyl groups excluding tert-OH is 1. The molecule has 0 saturated carbocycles. The Hall–Kier alpha value is -0.493. The second-order valence-electron chi connectivity index (χ2n) is 0.530. The zero-order valence-electron chi connectivity index (χ0n) is 6.30. The molecule has 0 aromatic heterocycles. The van der Waals surface area contributed by atoms with E-state index in [0.717, 1.165) is 0 Å². The van der Waals surface area contributed by atoms with E-state index in [2.05, 4.69) is 26.3 Å². The average Bonchev–Trinajstić information content (AvgIpc) is 1.97. The molecule has 3 nitrogen and oxygen atoms in total. The molecule has 0 aliphatic rings. The molecule has 0 unspecified atom stereocenters. The monoisotopic (exact) mass is 138 g/mol. The Bertz CT molecular complexity index is 64.0. The Labute approximate surface area is 73.2 Å². The van der Waals surface area contributed by atoms with Crippen molar-refractivity contribution < 1.29 is 33.9 Å². The van der Waals surface area contributed by atoms with Crippen molar-refractivity contribution in [2.45, 2.75) is 0 Å². The maximum atomic E-state index is 9.01. The van der Waals surface area contributed by atoms with E-state index in [4.69, 9.17) is 15.0 Å². The van der Waals surface area contributed by atoms with Crippen LogP contribution in [0.15, 0.2) is 26.3 Å². The predicted octanol–water partition coefficient (Wildman–Crippen LogP) is -3.66. The summed E-state index contributed by atoms with van der Waals surface area (Å²) >= 11 is 0. The van der Waals surface area contributed by atoms with E-state index in [0.29, 0.717) is 0 Å².